The van der Waals surface area contributed by atoms with E-state index < -0.39 is 5.82 Å². The van der Waals surface area contributed by atoms with Crippen LogP contribution < -0.4 is 20.7 Å². The van der Waals surface area contributed by atoms with E-state index in [0.717, 1.165) is 25.3 Å². The molecule has 3 saturated carbocycles. The lowest BCUT2D eigenvalue weighted by Crippen LogP contribution is -2.60. The van der Waals surface area contributed by atoms with Crippen molar-refractivity contribution in [3.05, 3.63) is 29.0 Å². The van der Waals surface area contributed by atoms with Gasteiger partial charge in [0.2, 0.25) is 5.91 Å². The molecule has 2 bridgehead atoms. The van der Waals surface area contributed by atoms with Gasteiger partial charge in [-0.05, 0) is 49.7 Å². The molecule has 3 aliphatic carbocycles. The zero-order valence-corrected chi connectivity index (χ0v) is 18.2. The molecule has 1 saturated heterocycles. The molecule has 6 nitrogen and oxygen atoms in total. The van der Waals surface area contributed by atoms with E-state index in [4.69, 9.17) is 27.9 Å². The summed E-state index contributed by atoms with van der Waals surface area (Å²) in [6.07, 6.45) is 3.26. The van der Waals surface area contributed by atoms with Crippen molar-refractivity contribution in [2.24, 2.45) is 11.8 Å². The van der Waals surface area contributed by atoms with Crippen LogP contribution in [0.25, 0.3) is 0 Å². The predicted molar refractivity (Wildman–Crippen MR) is 112 cm³/mol. The number of benzene rings is 1. The topological polar surface area (TPSA) is 79.5 Å². The molecule has 1 heterocycles. The molecule has 164 valence electrons. The molecule has 0 spiro atoms. The number of fused-ring (bicyclic) bond motifs is 1. The lowest BCUT2D eigenvalue weighted by atomic mass is 9.76. The standard InChI is InChI=1S/C21H26Cl2FN3O3/c1-11-4-13(22)9-25-19(11)20(29)27-21-6-12(7-21)17(8-21)26-18(28)10-30-14-2-3-15(23)16(24)5-14/h2-3,5,11-13,17,19,25H,4,6-10H2,1H3,(H,26,28)(H,27,29). The summed E-state index contributed by atoms with van der Waals surface area (Å²) in [4.78, 5) is 25.0. The van der Waals surface area contributed by atoms with Crippen LogP contribution in [0.5, 0.6) is 5.75 Å². The number of ether oxygens (including phenoxy) is 1. The molecule has 3 N–H and O–H groups in total. The van der Waals surface area contributed by atoms with Gasteiger partial charge in [-0.3, -0.25) is 9.59 Å². The second kappa shape index (κ2) is 8.52. The summed E-state index contributed by atoms with van der Waals surface area (Å²) in [6, 6.07) is 3.84. The molecule has 0 radical (unpaired) electrons. The number of piperidine rings is 1. The first-order valence-corrected chi connectivity index (χ1v) is 11.1. The minimum absolute atomic E-state index is 0.00479. The van der Waals surface area contributed by atoms with Gasteiger partial charge in [0.1, 0.15) is 11.6 Å². The summed E-state index contributed by atoms with van der Waals surface area (Å²) in [6.45, 7) is 2.47. The largest absolute Gasteiger partial charge is 0.484 e. The monoisotopic (exact) mass is 457 g/mol. The molecule has 30 heavy (non-hydrogen) atoms. The molecule has 4 fully saturated rings. The molecule has 0 aromatic heterocycles. The van der Waals surface area contributed by atoms with Gasteiger partial charge in [0.25, 0.3) is 5.91 Å². The van der Waals surface area contributed by atoms with Crippen LogP contribution in [-0.2, 0) is 9.59 Å². The molecule has 5 rings (SSSR count). The zero-order valence-electron chi connectivity index (χ0n) is 16.7. The molecule has 9 heteroatoms. The van der Waals surface area contributed by atoms with E-state index in [9.17, 15) is 14.0 Å². The predicted octanol–water partition coefficient (Wildman–Crippen LogP) is 2.62. The highest BCUT2D eigenvalue weighted by Crippen LogP contribution is 2.52. The summed E-state index contributed by atoms with van der Waals surface area (Å²) < 4.78 is 18.8. The fraction of sp³-hybridized carbons (Fsp3) is 0.619. The van der Waals surface area contributed by atoms with Crippen LogP contribution >= 0.6 is 23.2 Å². The van der Waals surface area contributed by atoms with Crippen LogP contribution in [0.15, 0.2) is 18.2 Å². The van der Waals surface area contributed by atoms with Gasteiger partial charge >= 0.3 is 0 Å². The van der Waals surface area contributed by atoms with Crippen molar-refractivity contribution in [2.45, 2.75) is 55.6 Å². The molecule has 1 aromatic rings. The number of rotatable bonds is 6. The second-order valence-corrected chi connectivity index (χ2v) is 9.90. The van der Waals surface area contributed by atoms with Crippen molar-refractivity contribution in [1.82, 2.24) is 16.0 Å². The van der Waals surface area contributed by atoms with E-state index in [0.29, 0.717) is 18.9 Å². The van der Waals surface area contributed by atoms with Crippen molar-refractivity contribution in [2.75, 3.05) is 13.2 Å². The Morgan fingerprint density at radius 3 is 2.80 bits per heavy atom. The van der Waals surface area contributed by atoms with Crippen molar-refractivity contribution in [3.63, 3.8) is 0 Å². The highest BCUT2D eigenvalue weighted by atomic mass is 35.5. The number of carbonyl (C=O) groups excluding carboxylic acids is 2. The Hall–Kier alpha value is -1.57. The van der Waals surface area contributed by atoms with Crippen molar-refractivity contribution in [1.29, 1.82) is 0 Å². The maximum absolute atomic E-state index is 13.5. The highest BCUT2D eigenvalue weighted by molar-refractivity contribution is 6.30. The third-order valence-corrected chi connectivity index (χ3v) is 7.16. The quantitative estimate of drug-likeness (QED) is 0.573. The van der Waals surface area contributed by atoms with Gasteiger partial charge < -0.3 is 20.7 Å². The van der Waals surface area contributed by atoms with E-state index in [2.05, 4.69) is 16.0 Å². The first-order chi connectivity index (χ1) is 14.2. The number of hydrogen-bond acceptors (Lipinski definition) is 4. The van der Waals surface area contributed by atoms with Gasteiger partial charge in [0.05, 0.1) is 11.1 Å². The first kappa shape index (κ1) is 21.7. The molecule has 1 aromatic carbocycles. The number of nitrogens with one attached hydrogen (secondary N) is 3. The Morgan fingerprint density at radius 1 is 1.33 bits per heavy atom. The molecule has 1 aliphatic heterocycles. The molecule has 4 atom stereocenters. The minimum atomic E-state index is -0.591. The van der Waals surface area contributed by atoms with Crippen molar-refractivity contribution < 1.29 is 18.7 Å². The maximum Gasteiger partial charge on any atom is 0.258 e. The molecule has 4 aliphatic rings. The van der Waals surface area contributed by atoms with Crippen LogP contribution in [0.3, 0.4) is 0 Å². The summed E-state index contributed by atoms with van der Waals surface area (Å²) in [5, 5.41) is 9.53. The normalized spacial score (nSPS) is 34.7. The van der Waals surface area contributed by atoms with E-state index in [-0.39, 0.29) is 58.1 Å². The summed E-state index contributed by atoms with van der Waals surface area (Å²) in [5.74, 6) is -0.0526. The zero-order chi connectivity index (χ0) is 21.5. The third kappa shape index (κ3) is 4.53. The number of amides is 2. The second-order valence-electron chi connectivity index (χ2n) is 8.88. The SMILES string of the molecule is CC1CC(Cl)CNC1C(=O)NC12CC(C1)C(NC(=O)COc1ccc(Cl)c(F)c1)C2. The van der Waals surface area contributed by atoms with Crippen molar-refractivity contribution in [3.8, 4) is 5.75 Å². The van der Waals surface area contributed by atoms with Gasteiger partial charge in [0.15, 0.2) is 6.61 Å². The third-order valence-electron chi connectivity index (χ3n) is 6.52. The first-order valence-electron chi connectivity index (χ1n) is 10.3. The number of carbonyl (C=O) groups is 2. The molecular formula is C21H26Cl2FN3O3. The number of halogens is 3. The number of hydrogen-bond donors (Lipinski definition) is 3. The smallest absolute Gasteiger partial charge is 0.258 e. The summed E-state index contributed by atoms with van der Waals surface area (Å²) in [5.41, 5.74) is -0.237. The van der Waals surface area contributed by atoms with Crippen LogP contribution in [0, 0.1) is 17.7 Å². The van der Waals surface area contributed by atoms with Gasteiger partial charge in [-0.2, -0.15) is 0 Å². The Kier molecular flexibility index (Phi) is 6.15. The molecule has 2 amide bonds. The Bertz CT molecular complexity index is 834. The fourth-order valence-electron chi connectivity index (χ4n) is 5.04. The average molecular weight is 458 g/mol. The van der Waals surface area contributed by atoms with E-state index >= 15 is 0 Å². The highest BCUT2D eigenvalue weighted by Gasteiger charge is 2.57. The van der Waals surface area contributed by atoms with Gasteiger partial charge in [-0.25, -0.2) is 4.39 Å². The minimum Gasteiger partial charge on any atom is -0.484 e. The molecular weight excluding hydrogens is 432 g/mol. The Labute approximate surface area is 185 Å². The maximum atomic E-state index is 13.5. The van der Waals surface area contributed by atoms with Gasteiger partial charge in [-0.15, -0.1) is 11.6 Å². The van der Waals surface area contributed by atoms with Crippen molar-refractivity contribution >= 4 is 35.0 Å². The Balaban J connectivity index is 1.24. The lowest BCUT2D eigenvalue weighted by molar-refractivity contribution is -0.127. The van der Waals surface area contributed by atoms with Crippen LogP contribution in [-0.4, -0.2) is 48.0 Å². The van der Waals surface area contributed by atoms with Crippen LogP contribution in [0.2, 0.25) is 5.02 Å². The fourth-order valence-corrected chi connectivity index (χ4v) is 5.53. The van der Waals surface area contributed by atoms with E-state index in [1.165, 1.54) is 12.1 Å². The van der Waals surface area contributed by atoms with E-state index in [1.807, 2.05) is 6.92 Å². The summed E-state index contributed by atoms with van der Waals surface area (Å²) in [7, 11) is 0. The average Bonchev–Trinajstić information content (AvgIpc) is 3.16. The van der Waals surface area contributed by atoms with Gasteiger partial charge in [-0.1, -0.05) is 18.5 Å². The number of alkyl halides is 1. The Morgan fingerprint density at radius 2 is 2.10 bits per heavy atom. The van der Waals surface area contributed by atoms with Gasteiger partial charge in [0, 0.05) is 29.6 Å². The lowest BCUT2D eigenvalue weighted by Gasteiger charge is -2.41. The van der Waals surface area contributed by atoms with Crippen LogP contribution in [0.4, 0.5) is 4.39 Å². The molecule has 4 unspecified atom stereocenters. The summed E-state index contributed by atoms with van der Waals surface area (Å²) >= 11 is 11.8. The van der Waals surface area contributed by atoms with Crippen LogP contribution in [0.1, 0.15) is 32.6 Å². The van der Waals surface area contributed by atoms with E-state index in [1.54, 1.807) is 0 Å².